The van der Waals surface area contributed by atoms with Gasteiger partial charge in [-0.1, -0.05) is 17.7 Å². The Balaban J connectivity index is 1.74. The number of nitrogens with zero attached hydrogens (tertiary/aromatic N) is 3. The molecule has 4 rings (SSSR count). The SMILES string of the molecule is Cc1nn(-c2cccc(C(=O)N(c3ccc4c(c3)OC(F)(F)O4)C(S)(S)S)c2)c(C)c1Cl. The molecular weight excluding hydrogens is 500 g/mol. The zero-order valence-electron chi connectivity index (χ0n) is 16.6. The van der Waals surface area contributed by atoms with Gasteiger partial charge in [-0.25, -0.2) is 4.68 Å². The van der Waals surface area contributed by atoms with Gasteiger partial charge in [-0.05, 0) is 44.2 Å². The Morgan fingerprint density at radius 2 is 1.81 bits per heavy atom. The molecule has 0 saturated carbocycles. The Morgan fingerprint density at radius 1 is 1.12 bits per heavy atom. The first kappa shape index (κ1) is 23.1. The lowest BCUT2D eigenvalue weighted by Crippen LogP contribution is -2.41. The van der Waals surface area contributed by atoms with Crippen molar-refractivity contribution in [3.63, 3.8) is 0 Å². The maximum Gasteiger partial charge on any atom is 0.586 e. The zero-order chi connectivity index (χ0) is 23.4. The molecule has 1 aliphatic heterocycles. The van der Waals surface area contributed by atoms with E-state index in [1.165, 1.54) is 18.2 Å². The van der Waals surface area contributed by atoms with Crippen LogP contribution in [0.4, 0.5) is 14.5 Å². The molecule has 6 nitrogen and oxygen atoms in total. The van der Waals surface area contributed by atoms with Crippen LogP contribution in [0.15, 0.2) is 42.5 Å². The summed E-state index contributed by atoms with van der Waals surface area (Å²) in [7, 11) is 0. The Bertz CT molecular complexity index is 1230. The third-order valence-electron chi connectivity index (χ3n) is 4.69. The molecule has 12 heteroatoms. The Morgan fingerprint density at radius 3 is 2.44 bits per heavy atom. The van der Waals surface area contributed by atoms with Crippen LogP contribution in [0.3, 0.4) is 0 Å². The predicted molar refractivity (Wildman–Crippen MR) is 127 cm³/mol. The molecule has 0 fully saturated rings. The first-order valence-electron chi connectivity index (χ1n) is 9.11. The second-order valence-corrected chi connectivity index (χ2v) is 10.4. The van der Waals surface area contributed by atoms with Crippen molar-refractivity contribution in [2.24, 2.45) is 0 Å². The number of ether oxygens (including phenoxy) is 2. The number of rotatable bonds is 4. The number of hydrogen-bond acceptors (Lipinski definition) is 7. The zero-order valence-corrected chi connectivity index (χ0v) is 20.0. The summed E-state index contributed by atoms with van der Waals surface area (Å²) in [6.45, 7) is 3.59. The summed E-state index contributed by atoms with van der Waals surface area (Å²) in [6.07, 6.45) is -3.79. The highest BCUT2D eigenvalue weighted by Crippen LogP contribution is 2.45. The van der Waals surface area contributed by atoms with E-state index in [-0.39, 0.29) is 22.7 Å². The highest BCUT2D eigenvalue weighted by atomic mass is 35.5. The largest absolute Gasteiger partial charge is 0.586 e. The van der Waals surface area contributed by atoms with Crippen LogP contribution in [-0.4, -0.2) is 25.5 Å². The van der Waals surface area contributed by atoms with Crippen molar-refractivity contribution in [3.8, 4) is 17.2 Å². The first-order valence-corrected chi connectivity index (χ1v) is 10.8. The molecule has 0 bridgehead atoms. The molecule has 0 unspecified atom stereocenters. The van der Waals surface area contributed by atoms with E-state index in [1.54, 1.807) is 35.9 Å². The first-order chi connectivity index (χ1) is 14.9. The minimum atomic E-state index is -3.79. The summed E-state index contributed by atoms with van der Waals surface area (Å²) in [4.78, 5) is 14.6. The van der Waals surface area contributed by atoms with Crippen LogP contribution < -0.4 is 14.4 Å². The van der Waals surface area contributed by atoms with Gasteiger partial charge in [0.15, 0.2) is 15.0 Å². The van der Waals surface area contributed by atoms with E-state index in [2.05, 4.69) is 52.5 Å². The van der Waals surface area contributed by atoms with E-state index in [9.17, 15) is 13.6 Å². The molecule has 0 saturated heterocycles. The fraction of sp³-hybridized carbons (Fsp3) is 0.200. The monoisotopic (exact) mass is 515 g/mol. The third kappa shape index (κ3) is 4.26. The number of benzene rings is 2. The molecule has 0 aliphatic carbocycles. The molecule has 0 N–H and O–H groups in total. The topological polar surface area (TPSA) is 56.6 Å². The third-order valence-corrected chi connectivity index (χ3v) is 5.83. The number of carbonyl (C=O) groups is 1. The molecule has 1 amide bonds. The van der Waals surface area contributed by atoms with E-state index < -0.39 is 15.7 Å². The van der Waals surface area contributed by atoms with Gasteiger partial charge in [0.25, 0.3) is 5.91 Å². The number of aryl methyl sites for hydroxylation is 1. The highest BCUT2D eigenvalue weighted by Gasteiger charge is 2.44. The molecular formula is C20H16ClF2N3O3S3. The van der Waals surface area contributed by atoms with Gasteiger partial charge in [0.2, 0.25) is 0 Å². The smallest absolute Gasteiger partial charge is 0.395 e. The average Bonchev–Trinajstić information content (AvgIpc) is 3.15. The van der Waals surface area contributed by atoms with E-state index in [4.69, 9.17) is 11.6 Å². The van der Waals surface area contributed by atoms with Gasteiger partial charge in [-0.2, -0.15) is 5.10 Å². The molecule has 0 atom stereocenters. The molecule has 1 aromatic heterocycles. The second-order valence-electron chi connectivity index (χ2n) is 6.99. The minimum absolute atomic E-state index is 0.155. The fourth-order valence-electron chi connectivity index (χ4n) is 3.28. The van der Waals surface area contributed by atoms with Crippen LogP contribution in [0.1, 0.15) is 21.7 Å². The van der Waals surface area contributed by atoms with E-state index in [0.717, 1.165) is 4.90 Å². The average molecular weight is 516 g/mol. The summed E-state index contributed by atoms with van der Waals surface area (Å²) >= 11 is 19.1. The van der Waals surface area contributed by atoms with E-state index >= 15 is 0 Å². The van der Waals surface area contributed by atoms with Crippen LogP contribution in [0.5, 0.6) is 11.5 Å². The molecule has 2 aromatic carbocycles. The molecule has 168 valence electrons. The molecule has 1 aliphatic rings. The van der Waals surface area contributed by atoms with Gasteiger partial charge >= 0.3 is 6.29 Å². The van der Waals surface area contributed by atoms with Crippen LogP contribution in [0, 0.1) is 13.8 Å². The highest BCUT2D eigenvalue weighted by molar-refractivity contribution is 8.17. The maximum atomic E-state index is 13.5. The Labute approximate surface area is 203 Å². The van der Waals surface area contributed by atoms with Gasteiger partial charge < -0.3 is 9.47 Å². The number of fused-ring (bicyclic) bond motifs is 1. The summed E-state index contributed by atoms with van der Waals surface area (Å²) in [5.41, 5.74) is 2.41. The number of anilines is 1. The van der Waals surface area contributed by atoms with Crippen molar-refractivity contribution in [1.29, 1.82) is 0 Å². The Hall–Kier alpha value is -2.08. The Kier molecular flexibility index (Phi) is 5.81. The summed E-state index contributed by atoms with van der Waals surface area (Å²) in [5.74, 6) is -0.918. The van der Waals surface area contributed by atoms with Gasteiger partial charge in [-0.15, -0.1) is 46.7 Å². The number of alkyl halides is 2. The van der Waals surface area contributed by atoms with Crippen molar-refractivity contribution >= 4 is 61.1 Å². The lowest BCUT2D eigenvalue weighted by Gasteiger charge is -2.33. The molecule has 0 spiro atoms. The van der Waals surface area contributed by atoms with E-state index in [0.29, 0.717) is 22.1 Å². The number of carbonyl (C=O) groups excluding carboxylic acids is 1. The normalized spacial score (nSPS) is 14.5. The lowest BCUT2D eigenvalue weighted by atomic mass is 10.1. The number of thiol groups is 3. The lowest BCUT2D eigenvalue weighted by molar-refractivity contribution is -0.286. The minimum Gasteiger partial charge on any atom is -0.395 e. The van der Waals surface area contributed by atoms with Crippen LogP contribution in [0.2, 0.25) is 5.02 Å². The van der Waals surface area contributed by atoms with Gasteiger partial charge in [0.1, 0.15) is 0 Å². The van der Waals surface area contributed by atoms with Gasteiger partial charge in [0, 0.05) is 11.6 Å². The van der Waals surface area contributed by atoms with Gasteiger partial charge in [-0.3, -0.25) is 9.69 Å². The van der Waals surface area contributed by atoms with Crippen LogP contribution >= 0.6 is 49.5 Å². The standard InChI is InChI=1S/C20H16ClF2N3O3S3/c1-10-17(21)11(2)26(24-10)14-5-3-4-12(8-14)18(27)25(20(30,31)32)13-6-7-15-16(9-13)29-19(22,23)28-15/h3-9,30-32H,1-2H3. The molecule has 2 heterocycles. The second kappa shape index (κ2) is 8.05. The maximum absolute atomic E-state index is 13.5. The van der Waals surface area contributed by atoms with Gasteiger partial charge in [0.05, 0.1) is 27.8 Å². The fourth-order valence-corrected chi connectivity index (χ4v) is 4.02. The molecule has 32 heavy (non-hydrogen) atoms. The predicted octanol–water partition coefficient (Wildman–Crippen LogP) is 5.51. The van der Waals surface area contributed by atoms with Crippen LogP contribution in [-0.2, 0) is 0 Å². The summed E-state index contributed by atoms with van der Waals surface area (Å²) in [5, 5.41) is 4.93. The number of halogens is 3. The number of aromatic nitrogens is 2. The molecule has 0 radical (unpaired) electrons. The quantitative estimate of drug-likeness (QED) is 0.317. The van der Waals surface area contributed by atoms with Crippen molar-refractivity contribution < 1.29 is 23.0 Å². The summed E-state index contributed by atoms with van der Waals surface area (Å²) in [6, 6.07) is 10.6. The number of hydrogen-bond donors (Lipinski definition) is 3. The van der Waals surface area contributed by atoms with Crippen molar-refractivity contribution in [2.45, 2.75) is 23.7 Å². The van der Waals surface area contributed by atoms with Crippen LogP contribution in [0.25, 0.3) is 5.69 Å². The van der Waals surface area contributed by atoms with Crippen molar-refractivity contribution in [2.75, 3.05) is 4.90 Å². The number of amides is 1. The van der Waals surface area contributed by atoms with Crippen molar-refractivity contribution in [1.82, 2.24) is 9.78 Å². The van der Waals surface area contributed by atoms with E-state index in [1.807, 2.05) is 6.92 Å². The summed E-state index contributed by atoms with van der Waals surface area (Å²) < 4.78 is 35.8. The molecule has 3 aromatic rings. The van der Waals surface area contributed by atoms with Crippen molar-refractivity contribution in [3.05, 3.63) is 64.4 Å².